The van der Waals surface area contributed by atoms with Gasteiger partial charge in [-0.05, 0) is 195 Å². The first-order valence-corrected chi connectivity index (χ1v) is 42.4. The molecule has 0 aliphatic carbocycles. The van der Waals surface area contributed by atoms with E-state index in [0.29, 0.717) is 90.5 Å². The number of hydrogen-bond acceptors (Lipinski definition) is 14. The molecule has 0 aliphatic rings. The van der Waals surface area contributed by atoms with E-state index in [1.165, 1.54) is 35.9 Å². The van der Waals surface area contributed by atoms with Gasteiger partial charge >= 0.3 is 0 Å². The minimum Gasteiger partial charge on any atom is -0.322 e. The molecule has 0 fully saturated rings. The first kappa shape index (κ1) is 87.6. The summed E-state index contributed by atoms with van der Waals surface area (Å²) < 4.78 is 63.8. The van der Waals surface area contributed by atoms with Crippen LogP contribution < -0.4 is 21.3 Å². The average molecular weight is 1760 g/mol. The summed E-state index contributed by atoms with van der Waals surface area (Å²) in [4.78, 5) is 96.4. The van der Waals surface area contributed by atoms with E-state index in [4.69, 9.17) is 4.98 Å². The number of anilines is 4. The fraction of sp³-hybridized carbons (Fsp3) is 0.0841. The maximum Gasteiger partial charge on any atom is 0.257 e. The zero-order valence-electron chi connectivity index (χ0n) is 73.5. The van der Waals surface area contributed by atoms with Crippen molar-refractivity contribution in [2.24, 2.45) is 0 Å². The Morgan fingerprint density at radius 3 is 0.917 bits per heavy atom. The third-order valence-corrected chi connectivity index (χ3v) is 22.6. The van der Waals surface area contributed by atoms with Gasteiger partial charge in [-0.1, -0.05) is 125 Å². The molecule has 26 heteroatoms. The lowest BCUT2D eigenvalue weighted by Crippen LogP contribution is -2.14. The van der Waals surface area contributed by atoms with E-state index in [0.717, 1.165) is 107 Å². The molecule has 0 unspecified atom stereocenters. The number of fused-ring (bicyclic) bond motifs is 4. The minimum absolute atomic E-state index is 0.157. The molecule has 0 saturated carbocycles. The summed E-state index contributed by atoms with van der Waals surface area (Å²) in [6.07, 6.45) is 24.6. The van der Waals surface area contributed by atoms with Crippen LogP contribution in [-0.2, 0) is 0 Å². The largest absolute Gasteiger partial charge is 0.322 e. The van der Waals surface area contributed by atoms with Gasteiger partial charge in [-0.2, -0.15) is 0 Å². The van der Waals surface area contributed by atoms with Crippen LogP contribution in [0.1, 0.15) is 92.0 Å². The van der Waals surface area contributed by atoms with Crippen molar-refractivity contribution in [3.8, 4) is 90.3 Å². The molecular formula is C107H84F4N18O4. The Morgan fingerprint density at radius 1 is 0.263 bits per heavy atom. The lowest BCUT2D eigenvalue weighted by atomic mass is 10.0. The number of nitrogens with zero attached hydrogens (tertiary/aromatic N) is 14. The quantitative estimate of drug-likeness (QED) is 0.0656. The molecule has 0 aliphatic heterocycles. The predicted octanol–water partition coefficient (Wildman–Crippen LogP) is 23.4. The molecular weight excluding hydrogens is 1680 g/mol. The smallest absolute Gasteiger partial charge is 0.257 e. The summed E-state index contributed by atoms with van der Waals surface area (Å²) >= 11 is 0. The number of amides is 4. The van der Waals surface area contributed by atoms with Crippen LogP contribution >= 0.6 is 0 Å². The van der Waals surface area contributed by atoms with Crippen LogP contribution in [0.2, 0.25) is 0 Å². The van der Waals surface area contributed by atoms with Crippen LogP contribution in [0.5, 0.6) is 0 Å². The van der Waals surface area contributed by atoms with Crippen molar-refractivity contribution >= 4 is 68.4 Å². The normalized spacial score (nSPS) is 11.0. The number of aryl methyl sites for hydroxylation is 9. The summed E-state index contributed by atoms with van der Waals surface area (Å²) in [5.41, 5.74) is 24.0. The molecule has 7 aromatic carbocycles. The van der Waals surface area contributed by atoms with Gasteiger partial charge in [0, 0.05) is 146 Å². The van der Waals surface area contributed by atoms with Crippen LogP contribution in [-0.4, -0.2) is 91.1 Å². The topological polar surface area (TPSA) is 263 Å². The van der Waals surface area contributed by atoms with Gasteiger partial charge in [-0.25, -0.2) is 47.5 Å². The second-order valence-corrected chi connectivity index (χ2v) is 31.9. The molecule has 654 valence electrons. The van der Waals surface area contributed by atoms with Crippen molar-refractivity contribution in [1.82, 2.24) is 67.4 Å². The van der Waals surface area contributed by atoms with Crippen LogP contribution in [0.4, 0.5) is 40.3 Å². The van der Waals surface area contributed by atoms with E-state index in [2.05, 4.69) is 89.6 Å². The lowest BCUT2D eigenvalue weighted by Gasteiger charge is -2.11. The molecule has 20 rings (SSSR count). The van der Waals surface area contributed by atoms with E-state index >= 15 is 0 Å². The number of benzene rings is 7. The van der Waals surface area contributed by atoms with E-state index in [1.807, 2.05) is 235 Å². The number of carbonyl (C=O) groups is 4. The summed E-state index contributed by atoms with van der Waals surface area (Å²) in [5.74, 6) is -0.965. The van der Waals surface area contributed by atoms with Crippen LogP contribution in [0, 0.1) is 85.6 Å². The van der Waals surface area contributed by atoms with Gasteiger partial charge in [0.25, 0.3) is 23.6 Å². The Labute approximate surface area is 761 Å². The minimum atomic E-state index is -0.690. The van der Waals surface area contributed by atoms with E-state index in [9.17, 15) is 36.7 Å². The van der Waals surface area contributed by atoms with E-state index < -0.39 is 23.3 Å². The molecule has 0 spiro atoms. The Kier molecular flexibility index (Phi) is 25.2. The second kappa shape index (κ2) is 38.3. The van der Waals surface area contributed by atoms with Crippen LogP contribution in [0.25, 0.3) is 112 Å². The number of hydrogen-bond donors (Lipinski definition) is 4. The van der Waals surface area contributed by atoms with Gasteiger partial charge in [0.05, 0.1) is 97.4 Å². The number of nitrogens with one attached hydrogen (secondary N) is 4. The predicted molar refractivity (Wildman–Crippen MR) is 511 cm³/mol. The monoisotopic (exact) mass is 1760 g/mol. The zero-order chi connectivity index (χ0) is 92.7. The number of halogens is 4. The molecule has 20 aromatic rings. The van der Waals surface area contributed by atoms with Crippen molar-refractivity contribution in [2.75, 3.05) is 21.3 Å². The number of pyridine rings is 8. The highest BCUT2D eigenvalue weighted by Crippen LogP contribution is 2.37. The van der Waals surface area contributed by atoms with Crippen LogP contribution in [0.15, 0.2) is 323 Å². The van der Waals surface area contributed by atoms with Crippen molar-refractivity contribution in [3.63, 3.8) is 0 Å². The highest BCUT2D eigenvalue weighted by atomic mass is 19.1. The molecule has 4 amide bonds. The van der Waals surface area contributed by atoms with Crippen molar-refractivity contribution in [3.05, 3.63) is 419 Å². The standard InChI is InChI=1S/C28H24N4O.2C27H20F2N4O.C25H20N6O/c1-18-10-12-22(13-11-18)31-28(33)25-15-21(16-29-20(25)3)24-9-6-14-32-26(24)17-30-27(32)23-8-5-4-7-19(23)2;1-16-8-10-19(11-9-16)32-27(34)21-13-18(14-30-17(21)2)20-5-4-12-33-24(20)15-31-26(33)25-22(28)6-3-7-23(25)29;1-16-5-7-22(8-6-16)32-27(34)24-12-19(14-30-17(24)2)23-4-3-9-33-25(23)15-31-26(33)18-10-20(28)13-21(29)11-18;1-16-6-8-19(9-7-16)30-25(32)21-13-18(14-28-17(21)2)20-5-3-12-31-22(20)15-29-24(31)23-26-10-4-11-27-23/h4-17H,1-3H3,(H,31,33);2*3-15H,1-2H3,(H,32,34);3-15H,1-2H3,(H,30,32). The molecule has 22 nitrogen and oxygen atoms in total. The maximum atomic E-state index is 14.4. The number of rotatable bonds is 16. The third-order valence-electron chi connectivity index (χ3n) is 22.6. The number of imidazole rings is 4. The number of aromatic nitrogens is 14. The highest BCUT2D eigenvalue weighted by molar-refractivity contribution is 6.09. The van der Waals surface area contributed by atoms with Gasteiger partial charge in [0.15, 0.2) is 11.6 Å². The summed E-state index contributed by atoms with van der Waals surface area (Å²) in [7, 11) is 0. The van der Waals surface area contributed by atoms with Crippen LogP contribution in [0.3, 0.4) is 0 Å². The molecule has 0 saturated heterocycles. The average Bonchev–Trinajstić information content (AvgIpc) is 1.66. The molecule has 0 atom stereocenters. The van der Waals surface area contributed by atoms with Gasteiger partial charge in [-0.3, -0.25) is 56.7 Å². The van der Waals surface area contributed by atoms with Crippen molar-refractivity contribution in [2.45, 2.75) is 62.3 Å². The first-order valence-electron chi connectivity index (χ1n) is 42.4. The SMILES string of the molecule is Cc1ccc(NC(=O)c2cc(-c3cccn4c(-c5c(F)cccc5F)ncc34)cnc2C)cc1.Cc1ccc(NC(=O)c2cc(-c3cccn4c(-c5cc(F)cc(F)c5)ncc34)cnc2C)cc1.Cc1ccc(NC(=O)c2cc(-c3cccn4c(-c5ccccc5C)ncc34)cnc2C)cc1.Cc1ccc(NC(=O)c2cc(-c3cccn4c(-c5ncccn5)ncc34)cnc2C)cc1. The Morgan fingerprint density at radius 2 is 0.564 bits per heavy atom. The summed E-state index contributed by atoms with van der Waals surface area (Å²) in [6, 6.07) is 70.2. The van der Waals surface area contributed by atoms with Gasteiger partial charge in [0.2, 0.25) is 0 Å². The van der Waals surface area contributed by atoms with Gasteiger partial charge in [0.1, 0.15) is 40.7 Å². The Bertz CT molecular complexity index is 7790. The summed E-state index contributed by atoms with van der Waals surface area (Å²) in [6.45, 7) is 17.3. The number of carbonyl (C=O) groups excluding carboxylic acids is 4. The van der Waals surface area contributed by atoms with Gasteiger partial charge in [-0.15, -0.1) is 0 Å². The molecule has 13 aromatic heterocycles. The maximum absolute atomic E-state index is 14.4. The molecule has 133 heavy (non-hydrogen) atoms. The molecule has 0 radical (unpaired) electrons. The second-order valence-electron chi connectivity index (χ2n) is 31.9. The highest BCUT2D eigenvalue weighted by Gasteiger charge is 2.24. The fourth-order valence-electron chi connectivity index (χ4n) is 15.4. The molecule has 0 bridgehead atoms. The zero-order valence-corrected chi connectivity index (χ0v) is 73.5. The molecule has 13 heterocycles. The van der Waals surface area contributed by atoms with Crippen molar-refractivity contribution in [1.29, 1.82) is 0 Å². The Balaban J connectivity index is 0.000000124. The third kappa shape index (κ3) is 19.1. The van der Waals surface area contributed by atoms with E-state index in [1.54, 1.807) is 109 Å². The lowest BCUT2D eigenvalue weighted by molar-refractivity contribution is 0.101. The summed E-state index contributed by atoms with van der Waals surface area (Å²) in [5, 5.41) is 11.7. The van der Waals surface area contributed by atoms with Gasteiger partial charge < -0.3 is 21.3 Å². The molecule has 4 N–H and O–H groups in total. The Hall–Kier alpha value is -17.4. The van der Waals surface area contributed by atoms with E-state index in [-0.39, 0.29) is 35.0 Å². The fourth-order valence-corrected chi connectivity index (χ4v) is 15.4. The van der Waals surface area contributed by atoms with Crippen molar-refractivity contribution < 1.29 is 36.7 Å². The first-order chi connectivity index (χ1) is 64.4.